The first kappa shape index (κ1) is 18.2. The number of ether oxygens (including phenoxy) is 2. The van der Waals surface area contributed by atoms with Crippen LogP contribution in [0.5, 0.6) is 5.88 Å². The Balaban J connectivity index is 1.33. The summed E-state index contributed by atoms with van der Waals surface area (Å²) >= 11 is 0. The molecule has 0 atom stereocenters. The molecule has 5 heteroatoms. The van der Waals surface area contributed by atoms with Crippen LogP contribution in [0.3, 0.4) is 0 Å². The van der Waals surface area contributed by atoms with Gasteiger partial charge in [-0.05, 0) is 69.6 Å². The molecular formula is C22H29N3O2. The second-order valence-corrected chi connectivity index (χ2v) is 7.68. The van der Waals surface area contributed by atoms with Gasteiger partial charge in [0.1, 0.15) is 11.9 Å². The number of nitrogens with one attached hydrogen (secondary N) is 1. The van der Waals surface area contributed by atoms with Crippen molar-refractivity contribution in [3.8, 4) is 5.88 Å². The Morgan fingerprint density at radius 2 is 1.81 bits per heavy atom. The summed E-state index contributed by atoms with van der Waals surface area (Å²) in [4.78, 5) is 9.11. The van der Waals surface area contributed by atoms with Crippen molar-refractivity contribution in [1.82, 2.24) is 9.97 Å². The first-order chi connectivity index (χ1) is 13.3. The monoisotopic (exact) mass is 367 g/mol. The van der Waals surface area contributed by atoms with Gasteiger partial charge in [-0.25, -0.2) is 9.97 Å². The fourth-order valence-corrected chi connectivity index (χ4v) is 4.14. The van der Waals surface area contributed by atoms with Crippen molar-refractivity contribution in [2.24, 2.45) is 0 Å². The van der Waals surface area contributed by atoms with E-state index in [4.69, 9.17) is 9.47 Å². The second-order valence-electron chi connectivity index (χ2n) is 7.68. The maximum absolute atomic E-state index is 6.36. The van der Waals surface area contributed by atoms with Crippen LogP contribution in [0.2, 0.25) is 0 Å². The molecule has 0 bridgehead atoms. The Hall–Kier alpha value is -2.14. The second kappa shape index (κ2) is 8.70. The highest BCUT2D eigenvalue weighted by Crippen LogP contribution is 2.34. The van der Waals surface area contributed by atoms with Gasteiger partial charge in [0.2, 0.25) is 5.88 Å². The van der Waals surface area contributed by atoms with Gasteiger partial charge in [-0.3, -0.25) is 0 Å². The van der Waals surface area contributed by atoms with Crippen molar-refractivity contribution in [1.29, 1.82) is 0 Å². The molecule has 0 amide bonds. The summed E-state index contributed by atoms with van der Waals surface area (Å²) in [5.74, 6) is 2.32. The van der Waals surface area contributed by atoms with Crippen LogP contribution < -0.4 is 10.1 Å². The van der Waals surface area contributed by atoms with Crippen LogP contribution in [0.25, 0.3) is 0 Å². The average Bonchev–Trinajstić information content (AvgIpc) is 2.71. The molecule has 2 aromatic rings. The number of hydrogen-bond acceptors (Lipinski definition) is 5. The Kier molecular flexibility index (Phi) is 5.87. The zero-order valence-electron chi connectivity index (χ0n) is 16.1. The highest BCUT2D eigenvalue weighted by atomic mass is 16.5. The Labute approximate surface area is 161 Å². The molecule has 0 spiro atoms. The third kappa shape index (κ3) is 4.78. The van der Waals surface area contributed by atoms with Gasteiger partial charge in [0, 0.05) is 36.7 Å². The summed E-state index contributed by atoms with van der Waals surface area (Å²) in [6.45, 7) is 3.70. The van der Waals surface area contributed by atoms with E-state index in [1.54, 1.807) is 0 Å². The normalized spacial score (nSPS) is 23.7. The van der Waals surface area contributed by atoms with Crippen LogP contribution in [0.1, 0.15) is 55.7 Å². The molecule has 2 aromatic heterocycles. The molecule has 0 radical (unpaired) electrons. The number of rotatable bonds is 5. The quantitative estimate of drug-likeness (QED) is 0.844. The van der Waals surface area contributed by atoms with Crippen molar-refractivity contribution in [2.45, 2.75) is 63.5 Å². The highest BCUT2D eigenvalue weighted by Gasteiger charge is 2.26. The number of aryl methyl sites for hydroxylation is 1. The molecule has 0 aromatic carbocycles. The molecular weight excluding hydrogens is 338 g/mol. The van der Waals surface area contributed by atoms with Gasteiger partial charge in [-0.15, -0.1) is 0 Å². The van der Waals surface area contributed by atoms with Gasteiger partial charge in [0.25, 0.3) is 0 Å². The van der Waals surface area contributed by atoms with Crippen LogP contribution >= 0.6 is 0 Å². The lowest BCUT2D eigenvalue weighted by Gasteiger charge is -2.31. The Morgan fingerprint density at radius 1 is 1.00 bits per heavy atom. The molecule has 1 saturated heterocycles. The van der Waals surface area contributed by atoms with Crippen LogP contribution in [0.4, 0.5) is 5.82 Å². The number of anilines is 1. The van der Waals surface area contributed by atoms with E-state index in [2.05, 4.69) is 27.4 Å². The van der Waals surface area contributed by atoms with Gasteiger partial charge < -0.3 is 14.8 Å². The minimum atomic E-state index is 0.252. The smallest absolute Gasteiger partial charge is 0.217 e. The summed E-state index contributed by atoms with van der Waals surface area (Å²) in [5.41, 5.74) is 2.30. The third-order valence-electron chi connectivity index (χ3n) is 5.65. The maximum atomic E-state index is 6.36. The molecule has 0 unspecified atom stereocenters. The average molecular weight is 367 g/mol. The van der Waals surface area contributed by atoms with Gasteiger partial charge >= 0.3 is 0 Å². The molecule has 2 aliphatic rings. The van der Waals surface area contributed by atoms with Crippen LogP contribution in [-0.2, 0) is 4.74 Å². The van der Waals surface area contributed by atoms with Crippen LogP contribution in [0.15, 0.2) is 36.5 Å². The van der Waals surface area contributed by atoms with E-state index in [1.165, 1.54) is 5.56 Å². The van der Waals surface area contributed by atoms with Crippen molar-refractivity contribution < 1.29 is 9.47 Å². The lowest BCUT2D eigenvalue weighted by molar-refractivity contribution is 0.0829. The molecule has 1 N–H and O–H groups in total. The number of aromatic nitrogens is 2. The molecule has 4 rings (SSSR count). The summed E-state index contributed by atoms with van der Waals surface area (Å²) in [6, 6.07) is 10.8. The van der Waals surface area contributed by atoms with E-state index < -0.39 is 0 Å². The molecule has 5 nitrogen and oxygen atoms in total. The molecule has 1 saturated carbocycles. The van der Waals surface area contributed by atoms with Crippen molar-refractivity contribution in [3.05, 3.63) is 47.8 Å². The zero-order chi connectivity index (χ0) is 18.5. The minimum Gasteiger partial charge on any atom is -0.474 e. The van der Waals surface area contributed by atoms with Gasteiger partial charge in [0.15, 0.2) is 0 Å². The highest BCUT2D eigenvalue weighted by molar-refractivity contribution is 5.36. The Bertz CT molecular complexity index is 738. The van der Waals surface area contributed by atoms with Crippen LogP contribution in [-0.4, -0.2) is 35.3 Å². The van der Waals surface area contributed by atoms with Gasteiger partial charge in [0.05, 0.1) is 0 Å². The molecule has 144 valence electrons. The van der Waals surface area contributed by atoms with Crippen LogP contribution in [0, 0.1) is 6.92 Å². The fourth-order valence-electron chi connectivity index (χ4n) is 4.14. The minimum absolute atomic E-state index is 0.252. The van der Waals surface area contributed by atoms with E-state index in [0.29, 0.717) is 12.0 Å². The number of nitrogens with zero attached hydrogens (tertiary/aromatic N) is 2. The van der Waals surface area contributed by atoms with E-state index >= 15 is 0 Å². The van der Waals surface area contributed by atoms with Gasteiger partial charge in [-0.2, -0.15) is 0 Å². The van der Waals surface area contributed by atoms with Crippen molar-refractivity contribution in [3.63, 3.8) is 0 Å². The first-order valence-electron chi connectivity index (χ1n) is 10.2. The number of pyridine rings is 2. The molecule has 3 heterocycles. The molecule has 2 fully saturated rings. The zero-order valence-corrected chi connectivity index (χ0v) is 16.1. The lowest BCUT2D eigenvalue weighted by Crippen LogP contribution is -2.32. The van der Waals surface area contributed by atoms with E-state index in [-0.39, 0.29) is 6.10 Å². The SMILES string of the molecule is Cc1cccc(NC2CCC(Oc3ncccc3C3CCOCC3)CC2)n1. The van der Waals surface area contributed by atoms with E-state index in [0.717, 1.165) is 69.1 Å². The standard InChI is InChI=1S/C22H29N3O2/c1-16-4-2-6-21(24-16)25-18-7-9-19(10-8-18)27-22-20(5-3-13-23-22)17-11-14-26-15-12-17/h2-6,13,17-19H,7-12,14-15H2,1H3,(H,24,25). The summed E-state index contributed by atoms with van der Waals surface area (Å²) in [5, 5.41) is 3.57. The third-order valence-corrected chi connectivity index (χ3v) is 5.65. The molecule has 1 aliphatic carbocycles. The van der Waals surface area contributed by atoms with E-state index in [1.807, 2.05) is 31.3 Å². The molecule has 1 aliphatic heterocycles. The Morgan fingerprint density at radius 3 is 2.59 bits per heavy atom. The summed E-state index contributed by atoms with van der Waals surface area (Å²) < 4.78 is 11.9. The topological polar surface area (TPSA) is 56.3 Å². The molecule has 27 heavy (non-hydrogen) atoms. The van der Waals surface area contributed by atoms with Crippen molar-refractivity contribution in [2.75, 3.05) is 18.5 Å². The summed E-state index contributed by atoms with van der Waals surface area (Å²) in [6.07, 6.45) is 8.50. The number of hydrogen-bond donors (Lipinski definition) is 1. The largest absolute Gasteiger partial charge is 0.474 e. The van der Waals surface area contributed by atoms with Crippen molar-refractivity contribution >= 4 is 5.82 Å². The fraction of sp³-hybridized carbons (Fsp3) is 0.545. The maximum Gasteiger partial charge on any atom is 0.217 e. The van der Waals surface area contributed by atoms with E-state index in [9.17, 15) is 0 Å². The summed E-state index contributed by atoms with van der Waals surface area (Å²) in [7, 11) is 0. The predicted octanol–water partition coefficient (Wildman–Crippen LogP) is 4.48. The predicted molar refractivity (Wildman–Crippen MR) is 106 cm³/mol. The lowest BCUT2D eigenvalue weighted by atomic mass is 9.91. The van der Waals surface area contributed by atoms with Gasteiger partial charge in [-0.1, -0.05) is 12.1 Å². The first-order valence-corrected chi connectivity index (χ1v) is 10.2.